The number of anilines is 1. The normalized spacial score (nSPS) is 10.4. The number of nitrogens with two attached hydrogens (primary N) is 1. The van der Waals surface area contributed by atoms with Gasteiger partial charge >= 0.3 is 0 Å². The zero-order valence-corrected chi connectivity index (χ0v) is 9.51. The van der Waals surface area contributed by atoms with Crippen molar-refractivity contribution >= 4 is 5.69 Å². The Labute approximate surface area is 102 Å². The summed E-state index contributed by atoms with van der Waals surface area (Å²) in [4.78, 5) is 0. The van der Waals surface area contributed by atoms with Gasteiger partial charge in [-0.3, -0.25) is 0 Å². The number of methoxy groups -OCH3 is 1. The van der Waals surface area contributed by atoms with Crippen LogP contribution < -0.4 is 10.5 Å². The molecule has 0 fully saturated rings. The molecule has 18 heavy (non-hydrogen) atoms. The first-order chi connectivity index (χ1) is 8.54. The van der Waals surface area contributed by atoms with Gasteiger partial charge in [0.2, 0.25) is 0 Å². The maximum Gasteiger partial charge on any atom is 0.172 e. The van der Waals surface area contributed by atoms with E-state index in [2.05, 4.69) is 0 Å². The fourth-order valence-corrected chi connectivity index (χ4v) is 1.65. The van der Waals surface area contributed by atoms with E-state index in [9.17, 15) is 13.2 Å². The lowest BCUT2D eigenvalue weighted by atomic mass is 10.0. The molecular weight excluding hydrogens is 243 g/mol. The van der Waals surface area contributed by atoms with Gasteiger partial charge in [0, 0.05) is 17.2 Å². The van der Waals surface area contributed by atoms with E-state index in [1.165, 1.54) is 25.3 Å². The predicted octanol–water partition coefficient (Wildman–Crippen LogP) is 3.36. The molecule has 0 saturated carbocycles. The van der Waals surface area contributed by atoms with Gasteiger partial charge in [-0.2, -0.15) is 0 Å². The van der Waals surface area contributed by atoms with Gasteiger partial charge in [-0.05, 0) is 12.1 Å². The van der Waals surface area contributed by atoms with Crippen LogP contribution in [0.15, 0.2) is 30.3 Å². The highest BCUT2D eigenvalue weighted by Gasteiger charge is 2.16. The minimum absolute atomic E-state index is 0.0378. The van der Waals surface area contributed by atoms with Gasteiger partial charge in [0.25, 0.3) is 0 Å². The molecule has 5 heteroatoms. The van der Waals surface area contributed by atoms with Crippen molar-refractivity contribution in [1.29, 1.82) is 0 Å². The first kappa shape index (κ1) is 12.3. The van der Waals surface area contributed by atoms with Crippen LogP contribution in [0.5, 0.6) is 5.75 Å². The minimum Gasteiger partial charge on any atom is -0.494 e. The standard InChI is InChI=1S/C13H10F3NO/c1-18-12-4-2-3-7(13(12)16)8-5-10(15)11(17)6-9(8)14/h2-6H,17H2,1H3. The highest BCUT2D eigenvalue weighted by molar-refractivity contribution is 5.68. The van der Waals surface area contributed by atoms with E-state index in [-0.39, 0.29) is 22.6 Å². The van der Waals surface area contributed by atoms with Gasteiger partial charge in [0.05, 0.1) is 12.8 Å². The summed E-state index contributed by atoms with van der Waals surface area (Å²) in [7, 11) is 1.29. The molecule has 0 aliphatic rings. The molecule has 0 aliphatic carbocycles. The second-order valence-electron chi connectivity index (χ2n) is 3.68. The lowest BCUT2D eigenvalue weighted by molar-refractivity contribution is 0.387. The Morgan fingerprint density at radius 3 is 2.39 bits per heavy atom. The van der Waals surface area contributed by atoms with Crippen molar-refractivity contribution in [1.82, 2.24) is 0 Å². The Kier molecular flexibility index (Phi) is 3.14. The molecule has 94 valence electrons. The molecule has 2 nitrogen and oxygen atoms in total. The van der Waals surface area contributed by atoms with Gasteiger partial charge < -0.3 is 10.5 Å². The van der Waals surface area contributed by atoms with Crippen LogP contribution in [-0.4, -0.2) is 7.11 Å². The lowest BCUT2D eigenvalue weighted by Gasteiger charge is -2.09. The maximum absolute atomic E-state index is 13.9. The molecule has 0 aliphatic heterocycles. The smallest absolute Gasteiger partial charge is 0.172 e. The summed E-state index contributed by atoms with van der Waals surface area (Å²) < 4.78 is 45.7. The van der Waals surface area contributed by atoms with Crippen LogP contribution in [0, 0.1) is 17.5 Å². The molecule has 2 N–H and O–H groups in total. The van der Waals surface area contributed by atoms with E-state index in [1.807, 2.05) is 0 Å². The number of nitrogen functional groups attached to an aromatic ring is 1. The van der Waals surface area contributed by atoms with Crippen LogP contribution in [0.1, 0.15) is 0 Å². The van der Waals surface area contributed by atoms with Crippen LogP contribution in [0.4, 0.5) is 18.9 Å². The lowest BCUT2D eigenvalue weighted by Crippen LogP contribution is -1.97. The predicted molar refractivity (Wildman–Crippen MR) is 62.7 cm³/mol. The molecule has 0 unspecified atom stereocenters. The van der Waals surface area contributed by atoms with E-state index in [1.54, 1.807) is 0 Å². The van der Waals surface area contributed by atoms with E-state index < -0.39 is 17.5 Å². The zero-order valence-electron chi connectivity index (χ0n) is 9.51. The third-order valence-electron chi connectivity index (χ3n) is 2.56. The molecule has 0 aromatic heterocycles. The summed E-state index contributed by atoms with van der Waals surface area (Å²) in [6, 6.07) is 5.91. The Morgan fingerprint density at radius 2 is 1.72 bits per heavy atom. The number of ether oxygens (including phenoxy) is 1. The number of rotatable bonds is 2. The maximum atomic E-state index is 13.9. The van der Waals surface area contributed by atoms with Crippen molar-refractivity contribution in [2.45, 2.75) is 0 Å². The van der Waals surface area contributed by atoms with Gasteiger partial charge in [-0.15, -0.1) is 0 Å². The van der Waals surface area contributed by atoms with E-state index in [0.717, 1.165) is 12.1 Å². The van der Waals surface area contributed by atoms with E-state index in [4.69, 9.17) is 10.5 Å². The summed E-state index contributed by atoms with van der Waals surface area (Å²) in [6.07, 6.45) is 0. The van der Waals surface area contributed by atoms with Crippen LogP contribution >= 0.6 is 0 Å². The fraction of sp³-hybridized carbons (Fsp3) is 0.0769. The summed E-state index contributed by atoms with van der Waals surface area (Å²) in [5.41, 5.74) is 4.63. The first-order valence-electron chi connectivity index (χ1n) is 5.12. The van der Waals surface area contributed by atoms with Gasteiger partial charge in [-0.1, -0.05) is 12.1 Å². The summed E-state index contributed by atoms with van der Waals surface area (Å²) in [5.74, 6) is -2.37. The molecule has 2 aromatic carbocycles. The van der Waals surface area contributed by atoms with Crippen molar-refractivity contribution in [2.24, 2.45) is 0 Å². The number of halogens is 3. The largest absolute Gasteiger partial charge is 0.494 e. The SMILES string of the molecule is COc1cccc(-c2cc(F)c(N)cc2F)c1F. The Morgan fingerprint density at radius 1 is 1.00 bits per heavy atom. The minimum atomic E-state index is -0.798. The van der Waals surface area contributed by atoms with Crippen molar-refractivity contribution in [2.75, 3.05) is 12.8 Å². The van der Waals surface area contributed by atoms with Gasteiger partial charge in [0.15, 0.2) is 11.6 Å². The second kappa shape index (κ2) is 4.60. The molecule has 0 bridgehead atoms. The molecular formula is C13H10F3NO. The molecule has 0 heterocycles. The van der Waals surface area contributed by atoms with Crippen LogP contribution in [0.25, 0.3) is 11.1 Å². The average molecular weight is 253 g/mol. The van der Waals surface area contributed by atoms with E-state index in [0.29, 0.717) is 0 Å². The van der Waals surface area contributed by atoms with Gasteiger partial charge in [0.1, 0.15) is 11.6 Å². The Bertz CT molecular complexity index is 599. The highest BCUT2D eigenvalue weighted by atomic mass is 19.1. The molecule has 0 amide bonds. The Hall–Kier alpha value is -2.17. The fourth-order valence-electron chi connectivity index (χ4n) is 1.65. The summed E-state index contributed by atoms with van der Waals surface area (Å²) in [5, 5.41) is 0. The molecule has 0 atom stereocenters. The molecule has 2 rings (SSSR count). The average Bonchev–Trinajstić information content (AvgIpc) is 2.34. The molecule has 0 radical (unpaired) electrons. The summed E-state index contributed by atoms with van der Waals surface area (Å²) >= 11 is 0. The van der Waals surface area contributed by atoms with Gasteiger partial charge in [-0.25, -0.2) is 13.2 Å². The van der Waals surface area contributed by atoms with Crippen molar-refractivity contribution in [3.63, 3.8) is 0 Å². The van der Waals surface area contributed by atoms with Crippen molar-refractivity contribution in [3.8, 4) is 16.9 Å². The van der Waals surface area contributed by atoms with Crippen molar-refractivity contribution < 1.29 is 17.9 Å². The van der Waals surface area contributed by atoms with Crippen LogP contribution in [0.3, 0.4) is 0 Å². The third kappa shape index (κ3) is 1.99. The van der Waals surface area contributed by atoms with Crippen LogP contribution in [0.2, 0.25) is 0 Å². The summed E-state index contributed by atoms with van der Waals surface area (Å²) in [6.45, 7) is 0. The van der Waals surface area contributed by atoms with E-state index >= 15 is 0 Å². The Balaban J connectivity index is 2.66. The molecule has 0 saturated heterocycles. The number of hydrogen-bond acceptors (Lipinski definition) is 2. The molecule has 0 spiro atoms. The molecule has 2 aromatic rings. The number of hydrogen-bond donors (Lipinski definition) is 1. The monoisotopic (exact) mass is 253 g/mol. The highest BCUT2D eigenvalue weighted by Crippen LogP contribution is 2.32. The topological polar surface area (TPSA) is 35.2 Å². The second-order valence-corrected chi connectivity index (χ2v) is 3.68. The number of benzene rings is 2. The zero-order chi connectivity index (χ0) is 13.3. The first-order valence-corrected chi connectivity index (χ1v) is 5.12. The van der Waals surface area contributed by atoms with Crippen LogP contribution in [-0.2, 0) is 0 Å². The van der Waals surface area contributed by atoms with Crippen molar-refractivity contribution in [3.05, 3.63) is 47.8 Å². The third-order valence-corrected chi connectivity index (χ3v) is 2.56. The quantitative estimate of drug-likeness (QED) is 0.833.